The minimum Gasteiger partial charge on any atom is -0.351 e. The third-order valence-corrected chi connectivity index (χ3v) is 3.80. The minimum absolute atomic E-state index is 0. The molecule has 0 aromatic heterocycles. The van der Waals surface area contributed by atoms with Gasteiger partial charge in [-0.3, -0.25) is 9.69 Å². The van der Waals surface area contributed by atoms with Crippen LogP contribution in [0.1, 0.15) is 18.4 Å². The van der Waals surface area contributed by atoms with E-state index in [4.69, 9.17) is 0 Å². The first kappa shape index (κ1) is 17.9. The zero-order valence-corrected chi connectivity index (χ0v) is 13.1. The number of nitrogens with one attached hydrogen (secondary N) is 2. The maximum atomic E-state index is 13.4. The number of benzene rings is 1. The Hall–Kier alpha value is -1.17. The van der Waals surface area contributed by atoms with Gasteiger partial charge in [-0.2, -0.15) is 0 Å². The van der Waals surface area contributed by atoms with E-state index < -0.39 is 0 Å². The van der Waals surface area contributed by atoms with Gasteiger partial charge in [-0.15, -0.1) is 12.4 Å². The standard InChI is InChI=1S/C15H22FN3O.ClH/c1-17-13-6-8-19(9-7-13)11-15(20)18-10-12-4-2-3-5-14(12)16;/h2-5,13,17H,6-11H2,1H3,(H,18,20);1H. The predicted molar refractivity (Wildman–Crippen MR) is 84.0 cm³/mol. The van der Waals surface area contributed by atoms with Gasteiger partial charge in [0, 0.05) is 31.2 Å². The third kappa shape index (κ3) is 5.61. The first-order chi connectivity index (χ1) is 9.69. The topological polar surface area (TPSA) is 44.4 Å². The summed E-state index contributed by atoms with van der Waals surface area (Å²) in [6.45, 7) is 2.50. The summed E-state index contributed by atoms with van der Waals surface area (Å²) >= 11 is 0. The molecule has 2 N–H and O–H groups in total. The van der Waals surface area contributed by atoms with Crippen molar-refractivity contribution in [3.05, 3.63) is 35.6 Å². The number of likely N-dealkylation sites (tertiary alicyclic amines) is 1. The quantitative estimate of drug-likeness (QED) is 0.866. The van der Waals surface area contributed by atoms with E-state index in [9.17, 15) is 9.18 Å². The number of amides is 1. The molecule has 1 aromatic carbocycles. The predicted octanol–water partition coefficient (Wildman–Crippen LogP) is 1.55. The number of carbonyl (C=O) groups is 1. The number of hydrogen-bond donors (Lipinski definition) is 2. The summed E-state index contributed by atoms with van der Waals surface area (Å²) in [5.74, 6) is -0.321. The van der Waals surface area contributed by atoms with Crippen LogP contribution in [0.25, 0.3) is 0 Å². The molecule has 1 fully saturated rings. The third-order valence-electron chi connectivity index (χ3n) is 3.80. The largest absolute Gasteiger partial charge is 0.351 e. The van der Waals surface area contributed by atoms with Crippen LogP contribution in [0.3, 0.4) is 0 Å². The van der Waals surface area contributed by atoms with Crippen molar-refractivity contribution in [3.63, 3.8) is 0 Å². The van der Waals surface area contributed by atoms with Crippen molar-refractivity contribution in [2.24, 2.45) is 0 Å². The van der Waals surface area contributed by atoms with Crippen LogP contribution >= 0.6 is 12.4 Å². The molecule has 1 aromatic rings. The van der Waals surface area contributed by atoms with E-state index in [1.165, 1.54) is 6.07 Å². The summed E-state index contributed by atoms with van der Waals surface area (Å²) in [6.07, 6.45) is 2.13. The Morgan fingerprint density at radius 1 is 1.33 bits per heavy atom. The van der Waals surface area contributed by atoms with Gasteiger partial charge >= 0.3 is 0 Å². The summed E-state index contributed by atoms with van der Waals surface area (Å²) in [4.78, 5) is 14.0. The zero-order valence-electron chi connectivity index (χ0n) is 12.3. The maximum Gasteiger partial charge on any atom is 0.234 e. The Kier molecular flexibility index (Phi) is 7.64. The van der Waals surface area contributed by atoms with Crippen LogP contribution in [0, 0.1) is 5.82 Å². The molecular formula is C15H23ClFN3O. The molecule has 0 unspecified atom stereocenters. The highest BCUT2D eigenvalue weighted by Gasteiger charge is 2.19. The van der Waals surface area contributed by atoms with Crippen LogP contribution in [-0.4, -0.2) is 43.5 Å². The lowest BCUT2D eigenvalue weighted by Crippen LogP contribution is -2.45. The Morgan fingerprint density at radius 3 is 2.62 bits per heavy atom. The molecule has 0 saturated carbocycles. The lowest BCUT2D eigenvalue weighted by atomic mass is 10.1. The van der Waals surface area contributed by atoms with E-state index in [1.807, 2.05) is 7.05 Å². The molecule has 1 amide bonds. The monoisotopic (exact) mass is 315 g/mol. The van der Waals surface area contributed by atoms with Crippen LogP contribution < -0.4 is 10.6 Å². The van der Waals surface area contributed by atoms with E-state index in [0.717, 1.165) is 25.9 Å². The average molecular weight is 316 g/mol. The fourth-order valence-corrected chi connectivity index (χ4v) is 2.47. The number of carbonyl (C=O) groups excluding carboxylic acids is 1. The van der Waals surface area contributed by atoms with Gasteiger partial charge in [0.15, 0.2) is 0 Å². The Labute approximate surface area is 131 Å². The van der Waals surface area contributed by atoms with Crippen molar-refractivity contribution < 1.29 is 9.18 Å². The molecule has 0 bridgehead atoms. The van der Waals surface area contributed by atoms with Gasteiger partial charge in [0.05, 0.1) is 6.54 Å². The molecule has 0 spiro atoms. The molecule has 4 nitrogen and oxygen atoms in total. The summed E-state index contributed by atoms with van der Waals surface area (Å²) in [5.41, 5.74) is 0.523. The van der Waals surface area contributed by atoms with Gasteiger partial charge in [-0.1, -0.05) is 18.2 Å². The summed E-state index contributed by atoms with van der Waals surface area (Å²) in [5, 5.41) is 6.04. The van der Waals surface area contributed by atoms with Crippen molar-refractivity contribution in [1.82, 2.24) is 15.5 Å². The normalized spacial score (nSPS) is 16.3. The number of piperidine rings is 1. The molecule has 6 heteroatoms. The van der Waals surface area contributed by atoms with Crippen molar-refractivity contribution in [2.75, 3.05) is 26.7 Å². The molecule has 1 aliphatic rings. The highest BCUT2D eigenvalue weighted by Crippen LogP contribution is 2.09. The molecule has 1 aliphatic heterocycles. The van der Waals surface area contributed by atoms with Gasteiger partial charge < -0.3 is 10.6 Å². The second kappa shape index (κ2) is 8.97. The Bertz CT molecular complexity index is 450. The Morgan fingerprint density at radius 2 is 2.00 bits per heavy atom. The van der Waals surface area contributed by atoms with Crippen molar-refractivity contribution in [1.29, 1.82) is 0 Å². The van der Waals surface area contributed by atoms with E-state index in [1.54, 1.807) is 18.2 Å². The maximum absolute atomic E-state index is 13.4. The Balaban J connectivity index is 0.00000220. The van der Waals surface area contributed by atoms with Gasteiger partial charge in [0.25, 0.3) is 0 Å². The second-order valence-electron chi connectivity index (χ2n) is 5.21. The molecule has 0 atom stereocenters. The van der Waals surface area contributed by atoms with Gasteiger partial charge in [-0.05, 0) is 26.0 Å². The van der Waals surface area contributed by atoms with Crippen LogP contribution in [0.4, 0.5) is 4.39 Å². The highest BCUT2D eigenvalue weighted by molar-refractivity contribution is 5.85. The number of nitrogens with zero attached hydrogens (tertiary/aromatic N) is 1. The molecule has 2 rings (SSSR count). The van der Waals surface area contributed by atoms with Gasteiger partial charge in [0.1, 0.15) is 5.82 Å². The molecule has 21 heavy (non-hydrogen) atoms. The molecule has 0 aliphatic carbocycles. The van der Waals surface area contributed by atoms with Gasteiger partial charge in [0.2, 0.25) is 5.91 Å². The lowest BCUT2D eigenvalue weighted by Gasteiger charge is -2.31. The van der Waals surface area contributed by atoms with E-state index in [-0.39, 0.29) is 30.7 Å². The molecular weight excluding hydrogens is 293 g/mol. The molecule has 1 saturated heterocycles. The average Bonchev–Trinajstić information content (AvgIpc) is 2.47. The first-order valence-corrected chi connectivity index (χ1v) is 7.08. The van der Waals surface area contributed by atoms with Crippen LogP contribution in [-0.2, 0) is 11.3 Å². The molecule has 1 heterocycles. The fourth-order valence-electron chi connectivity index (χ4n) is 2.47. The molecule has 118 valence electrons. The van der Waals surface area contributed by atoms with E-state index >= 15 is 0 Å². The van der Waals surface area contributed by atoms with E-state index in [0.29, 0.717) is 18.2 Å². The van der Waals surface area contributed by atoms with Crippen LogP contribution in [0.2, 0.25) is 0 Å². The lowest BCUT2D eigenvalue weighted by molar-refractivity contribution is -0.122. The van der Waals surface area contributed by atoms with Crippen molar-refractivity contribution >= 4 is 18.3 Å². The van der Waals surface area contributed by atoms with Crippen LogP contribution in [0.5, 0.6) is 0 Å². The zero-order chi connectivity index (χ0) is 14.4. The first-order valence-electron chi connectivity index (χ1n) is 7.08. The summed E-state index contributed by atoms with van der Waals surface area (Å²) in [6, 6.07) is 7.07. The summed E-state index contributed by atoms with van der Waals surface area (Å²) < 4.78 is 13.4. The summed E-state index contributed by atoms with van der Waals surface area (Å²) in [7, 11) is 1.97. The SMILES string of the molecule is CNC1CCN(CC(=O)NCc2ccccc2F)CC1.Cl. The van der Waals surface area contributed by atoms with Crippen molar-refractivity contribution in [2.45, 2.75) is 25.4 Å². The van der Waals surface area contributed by atoms with Gasteiger partial charge in [-0.25, -0.2) is 4.39 Å². The van der Waals surface area contributed by atoms with Crippen LogP contribution in [0.15, 0.2) is 24.3 Å². The minimum atomic E-state index is -0.275. The number of halogens is 2. The molecule has 0 radical (unpaired) electrons. The smallest absolute Gasteiger partial charge is 0.234 e. The van der Waals surface area contributed by atoms with Crippen molar-refractivity contribution in [3.8, 4) is 0 Å². The number of rotatable bonds is 5. The highest BCUT2D eigenvalue weighted by atomic mass is 35.5. The fraction of sp³-hybridized carbons (Fsp3) is 0.533. The second-order valence-corrected chi connectivity index (χ2v) is 5.21. The number of hydrogen-bond acceptors (Lipinski definition) is 3. The van der Waals surface area contributed by atoms with E-state index in [2.05, 4.69) is 15.5 Å².